The molecule has 23 heavy (non-hydrogen) atoms. The van der Waals surface area contributed by atoms with Gasteiger partial charge in [0.15, 0.2) is 0 Å². The maximum Gasteiger partial charge on any atom is 0.308 e. The highest BCUT2D eigenvalue weighted by molar-refractivity contribution is 5.96. The Labute approximate surface area is 136 Å². The van der Waals surface area contributed by atoms with Gasteiger partial charge in [-0.1, -0.05) is 42.5 Å². The van der Waals surface area contributed by atoms with Crippen molar-refractivity contribution in [3.63, 3.8) is 0 Å². The van der Waals surface area contributed by atoms with E-state index >= 15 is 0 Å². The van der Waals surface area contributed by atoms with Crippen LogP contribution in [0.5, 0.6) is 0 Å². The van der Waals surface area contributed by atoms with E-state index in [2.05, 4.69) is 5.32 Å². The van der Waals surface area contributed by atoms with Crippen molar-refractivity contribution in [3.8, 4) is 0 Å². The Balaban J connectivity index is 2.33. The van der Waals surface area contributed by atoms with E-state index in [1.807, 2.05) is 56.3 Å². The fourth-order valence-electron chi connectivity index (χ4n) is 2.52. The molecule has 0 saturated carbocycles. The highest BCUT2D eigenvalue weighted by Crippen LogP contribution is 2.23. The molecule has 0 radical (unpaired) electrons. The van der Waals surface area contributed by atoms with Crippen molar-refractivity contribution in [2.24, 2.45) is 5.92 Å². The number of benzene rings is 2. The van der Waals surface area contributed by atoms with Gasteiger partial charge < -0.3 is 10.4 Å². The van der Waals surface area contributed by atoms with E-state index in [1.165, 1.54) is 0 Å². The maximum atomic E-state index is 12.6. The molecule has 0 fully saturated rings. The van der Waals surface area contributed by atoms with E-state index in [0.29, 0.717) is 5.56 Å². The number of hydrogen-bond acceptors (Lipinski definition) is 2. The Hall–Kier alpha value is -2.62. The summed E-state index contributed by atoms with van der Waals surface area (Å²) >= 11 is 0. The number of amides is 1. The third kappa shape index (κ3) is 3.77. The lowest BCUT2D eigenvalue weighted by atomic mass is 9.93. The second kappa shape index (κ2) is 7.09. The number of hydrogen-bond donors (Lipinski definition) is 2. The molecule has 0 saturated heterocycles. The van der Waals surface area contributed by atoms with Gasteiger partial charge in [0.1, 0.15) is 0 Å². The van der Waals surface area contributed by atoms with Crippen molar-refractivity contribution in [1.29, 1.82) is 0 Å². The third-order valence-corrected chi connectivity index (χ3v) is 4.18. The minimum atomic E-state index is -0.944. The minimum absolute atomic E-state index is 0.256. The molecule has 0 aliphatic carbocycles. The molecule has 2 N–H and O–H groups in total. The number of carboxylic acids is 1. The van der Waals surface area contributed by atoms with Crippen LogP contribution < -0.4 is 5.32 Å². The summed E-state index contributed by atoms with van der Waals surface area (Å²) in [5.41, 5.74) is 3.28. The summed E-state index contributed by atoms with van der Waals surface area (Å²) in [5.74, 6) is -1.93. The molecule has 0 aliphatic heterocycles. The van der Waals surface area contributed by atoms with E-state index in [0.717, 1.165) is 16.7 Å². The lowest BCUT2D eigenvalue weighted by Crippen LogP contribution is -2.36. The first-order chi connectivity index (χ1) is 10.9. The van der Waals surface area contributed by atoms with Crippen molar-refractivity contribution in [2.45, 2.75) is 26.8 Å². The molecule has 2 aromatic carbocycles. The van der Waals surface area contributed by atoms with E-state index in [4.69, 9.17) is 0 Å². The molecule has 0 aliphatic rings. The maximum absolute atomic E-state index is 12.6. The van der Waals surface area contributed by atoms with Crippen LogP contribution in [0.1, 0.15) is 40.0 Å². The quantitative estimate of drug-likeness (QED) is 0.888. The summed E-state index contributed by atoms with van der Waals surface area (Å²) in [6.45, 7) is 5.44. The van der Waals surface area contributed by atoms with Crippen LogP contribution in [0.15, 0.2) is 48.5 Å². The van der Waals surface area contributed by atoms with Gasteiger partial charge in [0.25, 0.3) is 5.91 Å². The van der Waals surface area contributed by atoms with Gasteiger partial charge in [0.05, 0.1) is 12.0 Å². The minimum Gasteiger partial charge on any atom is -0.481 e. The Morgan fingerprint density at radius 1 is 1.00 bits per heavy atom. The lowest BCUT2D eigenvalue weighted by Gasteiger charge is -2.23. The monoisotopic (exact) mass is 311 g/mol. The topological polar surface area (TPSA) is 66.4 Å². The Morgan fingerprint density at radius 2 is 1.65 bits per heavy atom. The molecule has 4 nitrogen and oxygen atoms in total. The molecular formula is C19H21NO3. The number of aliphatic carboxylic acids is 1. The van der Waals surface area contributed by atoms with E-state index < -0.39 is 17.9 Å². The molecular weight excluding hydrogens is 290 g/mol. The summed E-state index contributed by atoms with van der Waals surface area (Å²) in [5, 5.41) is 12.2. The number of carboxylic acid groups (broad SMARTS) is 1. The second-order valence-electron chi connectivity index (χ2n) is 5.74. The van der Waals surface area contributed by atoms with Gasteiger partial charge in [-0.15, -0.1) is 0 Å². The van der Waals surface area contributed by atoms with Gasteiger partial charge in [-0.2, -0.15) is 0 Å². The molecule has 1 amide bonds. The second-order valence-corrected chi connectivity index (χ2v) is 5.74. The van der Waals surface area contributed by atoms with E-state index in [9.17, 15) is 14.7 Å². The molecule has 2 unspecified atom stereocenters. The molecule has 0 aromatic heterocycles. The van der Waals surface area contributed by atoms with Gasteiger partial charge in [0, 0.05) is 5.56 Å². The molecule has 4 heteroatoms. The van der Waals surface area contributed by atoms with Crippen molar-refractivity contribution < 1.29 is 14.7 Å². The number of nitrogens with one attached hydrogen (secondary N) is 1. The van der Waals surface area contributed by atoms with Crippen molar-refractivity contribution in [1.82, 2.24) is 5.32 Å². The molecule has 2 rings (SSSR count). The highest BCUT2D eigenvalue weighted by atomic mass is 16.4. The van der Waals surface area contributed by atoms with Crippen LogP contribution in [0.4, 0.5) is 0 Å². The average Bonchev–Trinajstić information content (AvgIpc) is 2.55. The zero-order valence-electron chi connectivity index (χ0n) is 13.5. The van der Waals surface area contributed by atoms with Crippen molar-refractivity contribution in [3.05, 3.63) is 70.8 Å². The van der Waals surface area contributed by atoms with Gasteiger partial charge in [-0.25, -0.2) is 0 Å². The van der Waals surface area contributed by atoms with Gasteiger partial charge in [0.2, 0.25) is 0 Å². The first-order valence-electron chi connectivity index (χ1n) is 7.56. The molecule has 0 bridgehead atoms. The number of carbonyl (C=O) groups excluding carboxylic acids is 1. The van der Waals surface area contributed by atoms with Crippen LogP contribution in [-0.2, 0) is 4.79 Å². The van der Waals surface area contributed by atoms with Crippen molar-refractivity contribution >= 4 is 11.9 Å². The average molecular weight is 311 g/mol. The third-order valence-electron chi connectivity index (χ3n) is 4.18. The normalized spacial score (nSPS) is 13.2. The van der Waals surface area contributed by atoms with Crippen LogP contribution in [0.25, 0.3) is 0 Å². The zero-order valence-corrected chi connectivity index (χ0v) is 13.5. The Kier molecular flexibility index (Phi) is 5.16. The largest absolute Gasteiger partial charge is 0.481 e. The molecule has 2 aromatic rings. The first kappa shape index (κ1) is 16.7. The number of rotatable bonds is 5. The van der Waals surface area contributed by atoms with Gasteiger partial charge >= 0.3 is 5.97 Å². The summed E-state index contributed by atoms with van der Waals surface area (Å²) < 4.78 is 0. The standard InChI is InChI=1S/C19H21NO3/c1-12-8-7-11-16(13(12)2)18(21)20-17(14(3)19(22)23)15-9-5-4-6-10-15/h4-11,14,17H,1-3H3,(H,20,21)(H,22,23). The summed E-state index contributed by atoms with van der Waals surface area (Å²) in [7, 11) is 0. The van der Waals surface area contributed by atoms with E-state index in [-0.39, 0.29) is 5.91 Å². The predicted octanol–water partition coefficient (Wildman–Crippen LogP) is 3.50. The smallest absolute Gasteiger partial charge is 0.308 e. The van der Waals surface area contributed by atoms with Crippen LogP contribution in [-0.4, -0.2) is 17.0 Å². The Morgan fingerprint density at radius 3 is 2.26 bits per heavy atom. The fourth-order valence-corrected chi connectivity index (χ4v) is 2.52. The lowest BCUT2D eigenvalue weighted by molar-refractivity contribution is -0.142. The van der Waals surface area contributed by atoms with Crippen molar-refractivity contribution in [2.75, 3.05) is 0 Å². The zero-order chi connectivity index (χ0) is 17.0. The fraction of sp³-hybridized carbons (Fsp3) is 0.263. The molecule has 0 spiro atoms. The van der Waals surface area contributed by atoms with Crippen LogP contribution >= 0.6 is 0 Å². The summed E-state index contributed by atoms with van der Waals surface area (Å²) in [6, 6.07) is 14.1. The van der Waals surface area contributed by atoms with Crippen LogP contribution in [0.3, 0.4) is 0 Å². The van der Waals surface area contributed by atoms with Gasteiger partial charge in [-0.3, -0.25) is 9.59 Å². The first-order valence-corrected chi connectivity index (χ1v) is 7.56. The molecule has 120 valence electrons. The van der Waals surface area contributed by atoms with E-state index in [1.54, 1.807) is 13.0 Å². The van der Waals surface area contributed by atoms with Crippen LogP contribution in [0, 0.1) is 19.8 Å². The number of carbonyl (C=O) groups is 2. The number of aryl methyl sites for hydroxylation is 1. The summed E-state index contributed by atoms with van der Waals surface area (Å²) in [6.07, 6.45) is 0. The predicted molar refractivity (Wildman–Crippen MR) is 89.4 cm³/mol. The van der Waals surface area contributed by atoms with Gasteiger partial charge in [-0.05, 0) is 43.5 Å². The summed E-state index contributed by atoms with van der Waals surface area (Å²) in [4.78, 5) is 24.0. The molecule has 2 atom stereocenters. The molecule has 0 heterocycles. The SMILES string of the molecule is Cc1cccc(C(=O)NC(c2ccccc2)C(C)C(=O)O)c1C. The van der Waals surface area contributed by atoms with Crippen LogP contribution in [0.2, 0.25) is 0 Å². The highest BCUT2D eigenvalue weighted by Gasteiger charge is 2.27. The Bertz CT molecular complexity index is 710.